The lowest BCUT2D eigenvalue weighted by atomic mass is 10.5. The first kappa shape index (κ1) is 13.6. The predicted molar refractivity (Wildman–Crippen MR) is 69.2 cm³/mol. The van der Waals surface area contributed by atoms with Gasteiger partial charge >= 0.3 is 0 Å². The van der Waals surface area contributed by atoms with E-state index in [1.807, 2.05) is 14.2 Å². The lowest BCUT2D eigenvalue weighted by molar-refractivity contribution is 0.128. The summed E-state index contributed by atoms with van der Waals surface area (Å²) in [5.41, 5.74) is 0. The first-order chi connectivity index (χ1) is 6.28. The van der Waals surface area contributed by atoms with Crippen molar-refractivity contribution in [3.05, 3.63) is 0 Å². The zero-order chi connectivity index (χ0) is 10.1. The van der Waals surface area contributed by atoms with Crippen LogP contribution in [0, 0.1) is 0 Å². The second-order valence-corrected chi connectivity index (χ2v) is 6.96. The highest BCUT2D eigenvalue weighted by Crippen LogP contribution is 2.07. The van der Waals surface area contributed by atoms with Crippen LogP contribution in [0.15, 0.2) is 0 Å². The number of hydrogen-bond acceptors (Lipinski definition) is 2. The minimum Gasteiger partial charge on any atom is -0.382 e. The van der Waals surface area contributed by atoms with Crippen molar-refractivity contribution in [2.75, 3.05) is 14.2 Å². The van der Waals surface area contributed by atoms with Gasteiger partial charge in [-0.2, -0.15) is 0 Å². The normalized spacial score (nSPS) is 17.1. The van der Waals surface area contributed by atoms with E-state index in [9.17, 15) is 0 Å². The van der Waals surface area contributed by atoms with Crippen molar-refractivity contribution >= 4 is 30.0 Å². The maximum Gasteiger partial charge on any atom is 0.0511 e. The summed E-state index contributed by atoms with van der Waals surface area (Å²) < 4.78 is 10.8. The fraction of sp³-hybridized carbons (Fsp3) is 1.00. The Morgan fingerprint density at radius 1 is 1.00 bits per heavy atom. The van der Waals surface area contributed by atoms with Crippen LogP contribution in [-0.2, 0) is 9.47 Å². The summed E-state index contributed by atoms with van der Waals surface area (Å²) in [7, 11) is 6.30. The summed E-state index contributed by atoms with van der Waals surface area (Å²) in [4.78, 5) is 0. The average molecular weight is 237 g/mol. The lowest BCUT2D eigenvalue weighted by Gasteiger charge is -2.15. The Balaban J connectivity index is 3.41. The molecular formula is C8H24O2Si3. The van der Waals surface area contributed by atoms with Crippen LogP contribution >= 0.6 is 0 Å². The molecular weight excluding hydrogens is 212 g/mol. The maximum atomic E-state index is 5.39. The zero-order valence-electron chi connectivity index (χ0n) is 9.51. The van der Waals surface area contributed by atoms with Gasteiger partial charge in [-0.05, 0) is 24.2 Å². The Hall–Kier alpha value is 0.571. The topological polar surface area (TPSA) is 18.5 Å². The molecule has 0 rings (SSSR count). The molecule has 0 saturated carbocycles. The summed E-state index contributed by atoms with van der Waals surface area (Å²) in [6, 6.07) is 5.28. The van der Waals surface area contributed by atoms with Crippen molar-refractivity contribution in [3.63, 3.8) is 0 Å². The minimum atomic E-state index is 0.0669. The van der Waals surface area contributed by atoms with Crippen LogP contribution in [0.2, 0.25) is 24.2 Å². The zero-order valence-corrected chi connectivity index (χ0v) is 14.9. The third kappa shape index (κ3) is 6.62. The van der Waals surface area contributed by atoms with Crippen LogP contribution < -0.4 is 0 Å². The molecule has 0 radical (unpaired) electrons. The predicted octanol–water partition coefficient (Wildman–Crippen LogP) is -1.41. The Bertz CT molecular complexity index is 93.6. The summed E-state index contributed by atoms with van der Waals surface area (Å²) in [5, 5.41) is 0. The third-order valence-corrected chi connectivity index (χ3v) is 6.56. The van der Waals surface area contributed by atoms with E-state index in [1.54, 1.807) is 0 Å². The van der Waals surface area contributed by atoms with Crippen molar-refractivity contribution in [3.8, 4) is 0 Å². The van der Waals surface area contributed by atoms with E-state index in [4.69, 9.17) is 9.47 Å². The molecule has 0 aliphatic heterocycles. The van der Waals surface area contributed by atoms with E-state index in [2.05, 4.69) is 0 Å². The second kappa shape index (κ2) is 9.14. The smallest absolute Gasteiger partial charge is 0.0511 e. The Kier molecular flexibility index (Phi) is 9.54. The fourth-order valence-corrected chi connectivity index (χ4v) is 7.10. The van der Waals surface area contributed by atoms with E-state index in [-0.39, 0.29) is 9.52 Å². The number of hydrogen-bond donors (Lipinski definition) is 0. The van der Waals surface area contributed by atoms with Crippen molar-refractivity contribution in [2.45, 2.75) is 36.4 Å². The molecule has 2 atom stereocenters. The molecule has 5 heteroatoms. The van der Waals surface area contributed by atoms with Gasteiger partial charge in [-0.1, -0.05) is 0 Å². The molecule has 13 heavy (non-hydrogen) atoms. The SMILES string of the molecule is COC(C[SiH3])C[SiH2]CC(C[SiH3])OC. The van der Waals surface area contributed by atoms with Crippen molar-refractivity contribution in [1.29, 1.82) is 0 Å². The van der Waals surface area contributed by atoms with Crippen LogP contribution in [0.3, 0.4) is 0 Å². The molecule has 0 aliphatic rings. The van der Waals surface area contributed by atoms with Crippen molar-refractivity contribution in [2.24, 2.45) is 0 Å². The van der Waals surface area contributed by atoms with Crippen LogP contribution in [0.25, 0.3) is 0 Å². The molecule has 0 heterocycles. The van der Waals surface area contributed by atoms with Crippen LogP contribution in [0.1, 0.15) is 0 Å². The number of rotatable bonds is 8. The summed E-state index contributed by atoms with van der Waals surface area (Å²) in [6.07, 6.45) is 1.15. The molecule has 0 bridgehead atoms. The molecule has 0 N–H and O–H groups in total. The van der Waals surface area contributed by atoms with Gasteiger partial charge in [0.2, 0.25) is 0 Å². The van der Waals surface area contributed by atoms with Gasteiger partial charge in [-0.3, -0.25) is 0 Å². The quantitative estimate of drug-likeness (QED) is 0.482. The summed E-state index contributed by atoms with van der Waals surface area (Å²) in [6.45, 7) is 0. The first-order valence-corrected chi connectivity index (χ1v) is 10.2. The van der Waals surface area contributed by atoms with E-state index in [0.717, 1.165) is 0 Å². The Morgan fingerprint density at radius 2 is 1.38 bits per heavy atom. The van der Waals surface area contributed by atoms with E-state index in [1.165, 1.54) is 44.7 Å². The third-order valence-electron chi connectivity index (χ3n) is 2.63. The van der Waals surface area contributed by atoms with Crippen molar-refractivity contribution < 1.29 is 9.47 Å². The molecule has 0 amide bonds. The maximum absolute atomic E-state index is 5.39. The molecule has 0 saturated heterocycles. The molecule has 0 aromatic heterocycles. The molecule has 80 valence electrons. The Labute approximate surface area is 90.4 Å². The minimum absolute atomic E-state index is 0.0669. The van der Waals surface area contributed by atoms with Gasteiger partial charge in [-0.25, -0.2) is 0 Å². The first-order valence-electron chi connectivity index (χ1n) is 5.34. The standard InChI is InChI=1S/C8H24O2Si3/c1-9-7(3-11)5-13-6-8(4-12)10-2/h7-8H,3-6,13H2,1-2,11-12H3. The molecule has 0 spiro atoms. The highest BCUT2D eigenvalue weighted by molar-refractivity contribution is 6.36. The van der Waals surface area contributed by atoms with Crippen LogP contribution in [0.5, 0.6) is 0 Å². The number of ether oxygens (including phenoxy) is 2. The van der Waals surface area contributed by atoms with E-state index < -0.39 is 0 Å². The van der Waals surface area contributed by atoms with Gasteiger partial charge in [0.15, 0.2) is 0 Å². The highest BCUT2D eigenvalue weighted by atomic mass is 28.2. The highest BCUT2D eigenvalue weighted by Gasteiger charge is 2.08. The van der Waals surface area contributed by atoms with Crippen LogP contribution in [0.4, 0.5) is 0 Å². The molecule has 2 unspecified atom stereocenters. The molecule has 0 fully saturated rings. The van der Waals surface area contributed by atoms with E-state index >= 15 is 0 Å². The van der Waals surface area contributed by atoms with Crippen LogP contribution in [-0.4, -0.2) is 56.4 Å². The fourth-order valence-electron chi connectivity index (χ4n) is 1.55. The van der Waals surface area contributed by atoms with Gasteiger partial charge in [-0.15, -0.1) is 0 Å². The van der Waals surface area contributed by atoms with Gasteiger partial charge in [0.05, 0.1) is 12.2 Å². The largest absolute Gasteiger partial charge is 0.382 e. The molecule has 0 aliphatic carbocycles. The Morgan fingerprint density at radius 3 is 1.62 bits per heavy atom. The lowest BCUT2D eigenvalue weighted by Crippen LogP contribution is -2.17. The van der Waals surface area contributed by atoms with Crippen molar-refractivity contribution in [1.82, 2.24) is 0 Å². The number of methoxy groups -OCH3 is 2. The van der Waals surface area contributed by atoms with E-state index in [0.29, 0.717) is 12.2 Å². The van der Waals surface area contributed by atoms with Gasteiger partial charge in [0.1, 0.15) is 0 Å². The monoisotopic (exact) mass is 236 g/mol. The van der Waals surface area contributed by atoms with Gasteiger partial charge in [0.25, 0.3) is 0 Å². The second-order valence-electron chi connectivity index (χ2n) is 3.46. The molecule has 0 aromatic carbocycles. The molecule has 0 aromatic rings. The summed E-state index contributed by atoms with van der Waals surface area (Å²) in [5.74, 6) is 0. The average Bonchev–Trinajstić information content (AvgIpc) is 2.19. The molecule has 2 nitrogen and oxygen atoms in total. The van der Waals surface area contributed by atoms with Gasteiger partial charge in [0, 0.05) is 44.2 Å². The summed E-state index contributed by atoms with van der Waals surface area (Å²) >= 11 is 0. The van der Waals surface area contributed by atoms with Gasteiger partial charge < -0.3 is 9.47 Å².